The molecule has 1 aliphatic rings. The Morgan fingerprint density at radius 3 is 2.65 bits per heavy atom. The first-order valence-electron chi connectivity index (χ1n) is 8.04. The molecule has 1 N–H and O–H groups in total. The first-order chi connectivity index (χ1) is 12.6. The minimum absolute atomic E-state index is 0.138. The van der Waals surface area contributed by atoms with Crippen LogP contribution in [-0.2, 0) is 16.1 Å². The summed E-state index contributed by atoms with van der Waals surface area (Å²) in [5, 5.41) is 2.78. The number of fused-ring (bicyclic) bond motifs is 1. The van der Waals surface area contributed by atoms with Gasteiger partial charge in [-0.2, -0.15) is 0 Å². The summed E-state index contributed by atoms with van der Waals surface area (Å²) in [5.74, 6) is 0.767. The Balaban J connectivity index is 1.64. The van der Waals surface area contributed by atoms with E-state index in [0.717, 1.165) is 5.56 Å². The van der Waals surface area contributed by atoms with Crippen LogP contribution in [0.15, 0.2) is 42.5 Å². The van der Waals surface area contributed by atoms with Crippen LogP contribution in [-0.4, -0.2) is 38.8 Å². The number of methoxy groups -OCH3 is 2. The summed E-state index contributed by atoms with van der Waals surface area (Å²) in [6.45, 7) is 0.368. The van der Waals surface area contributed by atoms with Crippen LogP contribution in [0.1, 0.15) is 15.9 Å². The van der Waals surface area contributed by atoms with Crippen LogP contribution >= 0.6 is 0 Å². The van der Waals surface area contributed by atoms with Crippen molar-refractivity contribution >= 4 is 11.9 Å². The van der Waals surface area contributed by atoms with E-state index in [-0.39, 0.29) is 19.1 Å². The van der Waals surface area contributed by atoms with Gasteiger partial charge in [0, 0.05) is 6.54 Å². The molecular weight excluding hydrogens is 338 g/mol. The Kier molecular flexibility index (Phi) is 5.26. The second-order valence-corrected chi connectivity index (χ2v) is 5.61. The number of amides is 1. The van der Waals surface area contributed by atoms with Crippen LogP contribution in [0.5, 0.6) is 17.2 Å². The first kappa shape index (κ1) is 17.6. The monoisotopic (exact) mass is 357 g/mol. The third-order valence-corrected chi connectivity index (χ3v) is 3.94. The number of ether oxygens (including phenoxy) is 4. The number of esters is 1. The fraction of sp³-hybridized carbons (Fsp3) is 0.263. The molecule has 1 heterocycles. The molecule has 3 rings (SSSR count). The number of rotatable bonds is 5. The molecule has 0 aliphatic carbocycles. The summed E-state index contributed by atoms with van der Waals surface area (Å²) >= 11 is 0. The van der Waals surface area contributed by atoms with E-state index in [9.17, 15) is 9.59 Å². The zero-order valence-electron chi connectivity index (χ0n) is 14.5. The summed E-state index contributed by atoms with van der Waals surface area (Å²) in [4.78, 5) is 24.2. The highest BCUT2D eigenvalue weighted by molar-refractivity contribution is 5.92. The Hall–Kier alpha value is -3.22. The van der Waals surface area contributed by atoms with Gasteiger partial charge in [0.15, 0.2) is 11.5 Å². The highest BCUT2D eigenvalue weighted by atomic mass is 16.6. The van der Waals surface area contributed by atoms with Crippen molar-refractivity contribution in [1.82, 2.24) is 5.32 Å². The Morgan fingerprint density at radius 2 is 1.92 bits per heavy atom. The van der Waals surface area contributed by atoms with E-state index < -0.39 is 12.1 Å². The molecule has 0 aromatic heterocycles. The van der Waals surface area contributed by atoms with Gasteiger partial charge in [0.25, 0.3) is 5.91 Å². The van der Waals surface area contributed by atoms with Gasteiger partial charge in [0.2, 0.25) is 6.10 Å². The lowest BCUT2D eigenvalue weighted by molar-refractivity contribution is -0.130. The van der Waals surface area contributed by atoms with Crippen molar-refractivity contribution in [3.8, 4) is 17.2 Å². The lowest BCUT2D eigenvalue weighted by Crippen LogP contribution is -2.43. The lowest BCUT2D eigenvalue weighted by Gasteiger charge is -2.25. The topological polar surface area (TPSA) is 83.1 Å². The number of carbonyl (C=O) groups excluding carboxylic acids is 2. The number of para-hydroxylation sites is 2. The molecule has 0 spiro atoms. The number of carbonyl (C=O) groups is 2. The molecule has 7 heteroatoms. The summed E-state index contributed by atoms with van der Waals surface area (Å²) in [7, 11) is 2.77. The Morgan fingerprint density at radius 1 is 1.15 bits per heavy atom. The smallest absolute Gasteiger partial charge is 0.341 e. The molecule has 0 radical (unpaired) electrons. The van der Waals surface area contributed by atoms with Crippen LogP contribution < -0.4 is 19.5 Å². The molecule has 136 valence electrons. The second-order valence-electron chi connectivity index (χ2n) is 5.61. The predicted octanol–water partition coefficient (Wildman–Crippen LogP) is 1.94. The van der Waals surface area contributed by atoms with Gasteiger partial charge >= 0.3 is 5.97 Å². The highest BCUT2D eigenvalue weighted by Gasteiger charge is 2.27. The Labute approximate surface area is 150 Å². The third kappa shape index (κ3) is 3.72. The summed E-state index contributed by atoms with van der Waals surface area (Å²) < 4.78 is 21.1. The van der Waals surface area contributed by atoms with Gasteiger partial charge in [-0.3, -0.25) is 4.79 Å². The molecule has 0 bridgehead atoms. The quantitative estimate of drug-likeness (QED) is 0.824. The zero-order valence-corrected chi connectivity index (χ0v) is 14.5. The average molecular weight is 357 g/mol. The summed E-state index contributed by atoms with van der Waals surface area (Å²) in [6, 6.07) is 12.2. The Bertz CT molecular complexity index is 819. The molecule has 0 unspecified atom stereocenters. The predicted molar refractivity (Wildman–Crippen MR) is 92.5 cm³/mol. The summed E-state index contributed by atoms with van der Waals surface area (Å²) in [6.07, 6.45) is -0.733. The fourth-order valence-corrected chi connectivity index (χ4v) is 2.59. The third-order valence-electron chi connectivity index (χ3n) is 3.94. The van der Waals surface area contributed by atoms with Crippen LogP contribution in [0.2, 0.25) is 0 Å². The largest absolute Gasteiger partial charge is 0.496 e. The van der Waals surface area contributed by atoms with E-state index in [1.165, 1.54) is 14.2 Å². The van der Waals surface area contributed by atoms with E-state index >= 15 is 0 Å². The van der Waals surface area contributed by atoms with Crippen molar-refractivity contribution in [1.29, 1.82) is 0 Å². The van der Waals surface area contributed by atoms with Crippen molar-refractivity contribution in [2.24, 2.45) is 0 Å². The molecule has 1 atom stereocenters. The van der Waals surface area contributed by atoms with E-state index in [1.54, 1.807) is 30.3 Å². The van der Waals surface area contributed by atoms with Gasteiger partial charge in [0.05, 0.1) is 14.2 Å². The molecule has 0 fully saturated rings. The molecule has 26 heavy (non-hydrogen) atoms. The van der Waals surface area contributed by atoms with Crippen molar-refractivity contribution in [2.45, 2.75) is 12.6 Å². The molecule has 0 saturated heterocycles. The van der Waals surface area contributed by atoms with Crippen LogP contribution in [0.25, 0.3) is 0 Å². The molecular formula is C19H19NO6. The molecule has 7 nitrogen and oxygen atoms in total. The highest BCUT2D eigenvalue weighted by Crippen LogP contribution is 2.30. The van der Waals surface area contributed by atoms with E-state index in [0.29, 0.717) is 22.8 Å². The number of nitrogens with one attached hydrogen (secondary N) is 1. The molecule has 1 amide bonds. The van der Waals surface area contributed by atoms with Crippen LogP contribution in [0, 0.1) is 0 Å². The van der Waals surface area contributed by atoms with Crippen molar-refractivity contribution < 1.29 is 28.5 Å². The number of hydrogen-bond donors (Lipinski definition) is 1. The lowest BCUT2D eigenvalue weighted by atomic mass is 10.1. The molecule has 1 aliphatic heterocycles. The SMILES string of the molecule is COC(=O)c1cc(CNC(=O)[C@@H]2COc3ccccc3O2)ccc1OC. The molecule has 0 saturated carbocycles. The minimum atomic E-state index is -0.733. The van der Waals surface area contributed by atoms with Gasteiger partial charge < -0.3 is 24.3 Å². The molecule has 2 aromatic rings. The van der Waals surface area contributed by atoms with Gasteiger partial charge in [-0.15, -0.1) is 0 Å². The van der Waals surface area contributed by atoms with Gasteiger partial charge in [-0.05, 0) is 29.8 Å². The summed E-state index contributed by atoms with van der Waals surface area (Å²) in [5.41, 5.74) is 1.03. The number of hydrogen-bond acceptors (Lipinski definition) is 6. The minimum Gasteiger partial charge on any atom is -0.496 e. The molecule has 2 aromatic carbocycles. The second kappa shape index (κ2) is 7.77. The van der Waals surface area contributed by atoms with Crippen molar-refractivity contribution in [2.75, 3.05) is 20.8 Å². The van der Waals surface area contributed by atoms with Gasteiger partial charge in [0.1, 0.15) is 17.9 Å². The van der Waals surface area contributed by atoms with E-state index in [4.69, 9.17) is 18.9 Å². The maximum atomic E-state index is 12.3. The first-order valence-corrected chi connectivity index (χ1v) is 8.04. The maximum Gasteiger partial charge on any atom is 0.341 e. The zero-order chi connectivity index (χ0) is 18.5. The standard InChI is InChI=1S/C19H19NO6/c1-23-14-8-7-12(9-13(14)19(22)24-2)10-20-18(21)17-11-25-15-5-3-4-6-16(15)26-17/h3-9,17H,10-11H2,1-2H3,(H,20,21)/t17-/m0/s1. The van der Waals surface area contributed by atoms with E-state index in [2.05, 4.69) is 5.32 Å². The van der Waals surface area contributed by atoms with Crippen molar-refractivity contribution in [3.05, 3.63) is 53.6 Å². The fourth-order valence-electron chi connectivity index (χ4n) is 2.59. The van der Waals surface area contributed by atoms with Crippen molar-refractivity contribution in [3.63, 3.8) is 0 Å². The number of benzene rings is 2. The van der Waals surface area contributed by atoms with Crippen LogP contribution in [0.4, 0.5) is 0 Å². The van der Waals surface area contributed by atoms with E-state index in [1.807, 2.05) is 12.1 Å². The van der Waals surface area contributed by atoms with Gasteiger partial charge in [-0.1, -0.05) is 18.2 Å². The van der Waals surface area contributed by atoms with Crippen LogP contribution in [0.3, 0.4) is 0 Å². The average Bonchev–Trinajstić information content (AvgIpc) is 2.70. The normalized spacial score (nSPS) is 15.1. The van der Waals surface area contributed by atoms with Gasteiger partial charge in [-0.25, -0.2) is 4.79 Å². The maximum absolute atomic E-state index is 12.3.